The predicted molar refractivity (Wildman–Crippen MR) is 60.9 cm³/mol. The van der Waals surface area contributed by atoms with Crippen LogP contribution in [0.3, 0.4) is 0 Å². The van der Waals surface area contributed by atoms with Crippen molar-refractivity contribution in [2.75, 3.05) is 13.9 Å². The number of aryl methyl sites for hydroxylation is 2. The van der Waals surface area contributed by atoms with E-state index < -0.39 is 0 Å². The van der Waals surface area contributed by atoms with Crippen LogP contribution in [-0.4, -0.2) is 13.9 Å². The molecule has 14 heavy (non-hydrogen) atoms. The Morgan fingerprint density at radius 1 is 1.21 bits per heavy atom. The van der Waals surface area contributed by atoms with Gasteiger partial charge in [-0.2, -0.15) is 0 Å². The molecule has 0 aromatic heterocycles. The lowest BCUT2D eigenvalue weighted by atomic mass is 10.1. The molecule has 3 heteroatoms. The normalized spacial score (nSPS) is 10.4. The number of hydrogen-bond donors (Lipinski definition) is 0. The van der Waals surface area contributed by atoms with Crippen LogP contribution in [-0.2, 0) is 4.74 Å². The van der Waals surface area contributed by atoms with Gasteiger partial charge in [-0.1, -0.05) is 6.07 Å². The molecule has 0 saturated carbocycles. The van der Waals surface area contributed by atoms with Crippen LogP contribution in [0.15, 0.2) is 10.5 Å². The van der Waals surface area contributed by atoms with Gasteiger partial charge in [-0.05, 0) is 53.4 Å². The fourth-order valence-corrected chi connectivity index (χ4v) is 1.83. The molecule has 0 aliphatic rings. The summed E-state index contributed by atoms with van der Waals surface area (Å²) in [4.78, 5) is 0. The van der Waals surface area contributed by atoms with E-state index in [0.29, 0.717) is 0 Å². The minimum atomic E-state index is 0.280. The van der Waals surface area contributed by atoms with Crippen molar-refractivity contribution in [3.05, 3.63) is 27.2 Å². The van der Waals surface area contributed by atoms with Crippen LogP contribution in [0.1, 0.15) is 16.7 Å². The summed E-state index contributed by atoms with van der Waals surface area (Å²) < 4.78 is 11.4. The molecule has 0 atom stereocenters. The zero-order valence-electron chi connectivity index (χ0n) is 8.98. The Kier molecular flexibility index (Phi) is 3.96. The smallest absolute Gasteiger partial charge is 0.188 e. The Balaban J connectivity index is 3.11. The average molecular weight is 259 g/mol. The van der Waals surface area contributed by atoms with Gasteiger partial charge in [-0.3, -0.25) is 0 Å². The SMILES string of the molecule is COCOc1c(C)c(C)cc(C)c1Br. The summed E-state index contributed by atoms with van der Waals surface area (Å²) in [7, 11) is 1.62. The number of benzene rings is 1. The van der Waals surface area contributed by atoms with Gasteiger partial charge in [0.2, 0.25) is 0 Å². The van der Waals surface area contributed by atoms with Crippen molar-refractivity contribution in [2.45, 2.75) is 20.8 Å². The highest BCUT2D eigenvalue weighted by Crippen LogP contribution is 2.34. The Bertz CT molecular complexity index is 308. The highest BCUT2D eigenvalue weighted by Gasteiger charge is 2.10. The standard InChI is InChI=1S/C11H15BrO2/c1-7-5-8(2)10(12)11(9(7)3)14-6-13-4/h5H,6H2,1-4H3. The van der Waals surface area contributed by atoms with Crippen LogP contribution in [0.25, 0.3) is 0 Å². The van der Waals surface area contributed by atoms with Gasteiger partial charge in [-0.15, -0.1) is 0 Å². The third kappa shape index (κ3) is 2.28. The topological polar surface area (TPSA) is 18.5 Å². The molecule has 0 radical (unpaired) electrons. The van der Waals surface area contributed by atoms with Gasteiger partial charge in [-0.25, -0.2) is 0 Å². The molecular formula is C11H15BrO2. The molecule has 0 unspecified atom stereocenters. The van der Waals surface area contributed by atoms with Gasteiger partial charge in [0, 0.05) is 7.11 Å². The monoisotopic (exact) mass is 258 g/mol. The van der Waals surface area contributed by atoms with Crippen molar-refractivity contribution in [1.29, 1.82) is 0 Å². The lowest BCUT2D eigenvalue weighted by Gasteiger charge is -2.14. The van der Waals surface area contributed by atoms with Crippen molar-refractivity contribution in [3.8, 4) is 5.75 Å². The third-order valence-corrected chi connectivity index (χ3v) is 3.22. The summed E-state index contributed by atoms with van der Waals surface area (Å²) in [5.74, 6) is 0.879. The molecule has 0 aliphatic carbocycles. The molecule has 78 valence electrons. The van der Waals surface area contributed by atoms with E-state index in [-0.39, 0.29) is 6.79 Å². The van der Waals surface area contributed by atoms with Crippen molar-refractivity contribution < 1.29 is 9.47 Å². The molecule has 2 nitrogen and oxygen atoms in total. The van der Waals surface area contributed by atoms with Gasteiger partial charge in [0.1, 0.15) is 5.75 Å². The second-order valence-electron chi connectivity index (χ2n) is 3.33. The third-order valence-electron chi connectivity index (χ3n) is 2.23. The highest BCUT2D eigenvalue weighted by atomic mass is 79.9. The summed E-state index contributed by atoms with van der Waals surface area (Å²) in [6.45, 7) is 6.46. The fraction of sp³-hybridized carbons (Fsp3) is 0.455. The maximum absolute atomic E-state index is 5.51. The minimum absolute atomic E-state index is 0.280. The van der Waals surface area contributed by atoms with E-state index in [1.165, 1.54) is 11.1 Å². The largest absolute Gasteiger partial charge is 0.466 e. The van der Waals surface area contributed by atoms with Gasteiger partial charge >= 0.3 is 0 Å². The second kappa shape index (κ2) is 4.80. The van der Waals surface area contributed by atoms with Gasteiger partial charge < -0.3 is 9.47 Å². The van der Waals surface area contributed by atoms with Crippen LogP contribution in [0.2, 0.25) is 0 Å². The Hall–Kier alpha value is -0.540. The lowest BCUT2D eigenvalue weighted by molar-refractivity contribution is 0.0500. The first-order chi connectivity index (χ1) is 6.57. The molecule has 0 bridgehead atoms. The quantitative estimate of drug-likeness (QED) is 0.775. The van der Waals surface area contributed by atoms with Crippen molar-refractivity contribution in [3.63, 3.8) is 0 Å². The number of ether oxygens (including phenoxy) is 2. The molecule has 0 saturated heterocycles. The first-order valence-electron chi connectivity index (χ1n) is 4.46. The molecule has 0 amide bonds. The van der Waals surface area contributed by atoms with Crippen LogP contribution in [0.5, 0.6) is 5.75 Å². The average Bonchev–Trinajstić information content (AvgIpc) is 2.15. The van der Waals surface area contributed by atoms with Crippen LogP contribution >= 0.6 is 15.9 Å². The van der Waals surface area contributed by atoms with E-state index in [2.05, 4.69) is 35.8 Å². The van der Waals surface area contributed by atoms with E-state index in [1.54, 1.807) is 7.11 Å². The van der Waals surface area contributed by atoms with Crippen molar-refractivity contribution in [2.24, 2.45) is 0 Å². The number of rotatable bonds is 3. The molecule has 1 aromatic rings. The lowest BCUT2D eigenvalue weighted by Crippen LogP contribution is -2.02. The number of hydrogen-bond acceptors (Lipinski definition) is 2. The molecule has 1 rings (SSSR count). The maximum atomic E-state index is 5.51. The summed E-state index contributed by atoms with van der Waals surface area (Å²) >= 11 is 3.51. The summed E-state index contributed by atoms with van der Waals surface area (Å²) in [6.07, 6.45) is 0. The minimum Gasteiger partial charge on any atom is -0.466 e. The van der Waals surface area contributed by atoms with Crippen molar-refractivity contribution >= 4 is 15.9 Å². The fourth-order valence-electron chi connectivity index (χ4n) is 1.31. The Morgan fingerprint density at radius 2 is 1.86 bits per heavy atom. The second-order valence-corrected chi connectivity index (χ2v) is 4.12. The molecular weight excluding hydrogens is 244 g/mol. The molecule has 0 spiro atoms. The Labute approximate surface area is 93.4 Å². The molecule has 0 fully saturated rings. The highest BCUT2D eigenvalue weighted by molar-refractivity contribution is 9.10. The number of methoxy groups -OCH3 is 1. The summed E-state index contributed by atoms with van der Waals surface area (Å²) in [5, 5.41) is 0. The zero-order valence-corrected chi connectivity index (χ0v) is 10.6. The first-order valence-corrected chi connectivity index (χ1v) is 5.25. The van der Waals surface area contributed by atoms with E-state index >= 15 is 0 Å². The summed E-state index contributed by atoms with van der Waals surface area (Å²) in [5.41, 5.74) is 3.57. The molecule has 0 aliphatic heterocycles. The van der Waals surface area contributed by atoms with E-state index in [4.69, 9.17) is 9.47 Å². The molecule has 0 heterocycles. The maximum Gasteiger partial charge on any atom is 0.188 e. The van der Waals surface area contributed by atoms with Gasteiger partial charge in [0.05, 0.1) is 4.47 Å². The van der Waals surface area contributed by atoms with E-state index in [9.17, 15) is 0 Å². The number of halogens is 1. The van der Waals surface area contributed by atoms with Crippen LogP contribution < -0.4 is 4.74 Å². The molecule has 0 N–H and O–H groups in total. The van der Waals surface area contributed by atoms with Crippen molar-refractivity contribution in [1.82, 2.24) is 0 Å². The predicted octanol–water partition coefficient (Wildman–Crippen LogP) is 3.36. The van der Waals surface area contributed by atoms with Crippen LogP contribution in [0.4, 0.5) is 0 Å². The zero-order chi connectivity index (χ0) is 10.7. The first kappa shape index (κ1) is 11.5. The van der Waals surface area contributed by atoms with E-state index in [0.717, 1.165) is 15.8 Å². The van der Waals surface area contributed by atoms with Crippen LogP contribution in [0, 0.1) is 20.8 Å². The Morgan fingerprint density at radius 3 is 2.43 bits per heavy atom. The van der Waals surface area contributed by atoms with Gasteiger partial charge in [0.25, 0.3) is 0 Å². The summed E-state index contributed by atoms with van der Waals surface area (Å²) in [6, 6.07) is 2.14. The molecule has 1 aromatic carbocycles. The van der Waals surface area contributed by atoms with E-state index in [1.807, 2.05) is 6.92 Å². The van der Waals surface area contributed by atoms with Gasteiger partial charge in [0.15, 0.2) is 6.79 Å².